The largest absolute Gasteiger partial charge is 0.436 e. The number of halogens is 5. The molecule has 1 unspecified atom stereocenters. The van der Waals surface area contributed by atoms with Gasteiger partial charge in [-0.05, 0) is 36.3 Å². The third-order valence-corrected chi connectivity index (χ3v) is 4.37. The molecule has 0 aliphatic heterocycles. The standard InChI is InChI=1S/C18H22F5N3O/c1-9(2)7-10(3)12-8-11(19)5-6-13(12)24-17(27)14-15(18(21,22)23)25-26(4)16(14)20/h8-10H,5-7H2,1-4H3,(H,24,27). The smallest absolute Gasteiger partial charge is 0.325 e. The molecule has 0 saturated carbocycles. The molecule has 9 heteroatoms. The summed E-state index contributed by atoms with van der Waals surface area (Å²) in [7, 11) is 0.982. The van der Waals surface area contributed by atoms with Gasteiger partial charge < -0.3 is 5.32 Å². The minimum atomic E-state index is -4.98. The molecule has 1 aromatic heterocycles. The molecule has 0 radical (unpaired) electrons. The molecule has 0 fully saturated rings. The Balaban J connectivity index is 2.41. The Morgan fingerprint density at radius 2 is 1.89 bits per heavy atom. The first-order valence-corrected chi connectivity index (χ1v) is 8.62. The molecular weight excluding hydrogens is 369 g/mol. The SMILES string of the molecule is CC(C)CC(C)C1=C(NC(=O)c2c(C(F)(F)F)nn(C)c2F)CCC(F)=C1. The summed E-state index contributed by atoms with van der Waals surface area (Å²) < 4.78 is 67.5. The van der Waals surface area contributed by atoms with Gasteiger partial charge in [-0.25, -0.2) is 9.07 Å². The lowest BCUT2D eigenvalue weighted by Crippen LogP contribution is -2.29. The summed E-state index contributed by atoms with van der Waals surface area (Å²) in [6.07, 6.45) is -2.83. The fourth-order valence-electron chi connectivity index (χ4n) is 3.23. The van der Waals surface area contributed by atoms with Gasteiger partial charge in [-0.3, -0.25) is 4.79 Å². The molecule has 1 aromatic rings. The van der Waals surface area contributed by atoms with Crippen molar-refractivity contribution >= 4 is 5.91 Å². The van der Waals surface area contributed by atoms with Crippen molar-refractivity contribution in [3.63, 3.8) is 0 Å². The van der Waals surface area contributed by atoms with E-state index in [1.165, 1.54) is 6.08 Å². The Bertz CT molecular complexity index is 790. The molecule has 0 aromatic carbocycles. The Hall–Kier alpha value is -2.19. The molecule has 0 saturated heterocycles. The quantitative estimate of drug-likeness (QED) is 0.727. The zero-order valence-corrected chi connectivity index (χ0v) is 15.5. The molecule has 0 spiro atoms. The van der Waals surface area contributed by atoms with Crippen LogP contribution in [0.3, 0.4) is 0 Å². The van der Waals surface area contributed by atoms with E-state index in [0.29, 0.717) is 28.3 Å². The topological polar surface area (TPSA) is 46.9 Å². The van der Waals surface area contributed by atoms with Crippen molar-refractivity contribution in [2.75, 3.05) is 0 Å². The van der Waals surface area contributed by atoms with Gasteiger partial charge in [0.1, 0.15) is 11.4 Å². The van der Waals surface area contributed by atoms with Crippen LogP contribution in [-0.4, -0.2) is 15.7 Å². The number of hydrogen-bond acceptors (Lipinski definition) is 2. The normalized spacial score (nSPS) is 16.6. The van der Waals surface area contributed by atoms with E-state index in [9.17, 15) is 26.7 Å². The third-order valence-electron chi connectivity index (χ3n) is 4.37. The second kappa shape index (κ2) is 7.82. The molecule has 150 valence electrons. The van der Waals surface area contributed by atoms with Gasteiger partial charge in [0, 0.05) is 19.2 Å². The van der Waals surface area contributed by atoms with Crippen LogP contribution < -0.4 is 5.32 Å². The number of rotatable bonds is 5. The highest BCUT2D eigenvalue weighted by atomic mass is 19.4. The lowest BCUT2D eigenvalue weighted by atomic mass is 9.87. The van der Waals surface area contributed by atoms with Gasteiger partial charge >= 0.3 is 6.18 Å². The Kier molecular flexibility index (Phi) is 6.11. The summed E-state index contributed by atoms with van der Waals surface area (Å²) >= 11 is 0. The Labute approximate surface area is 154 Å². The number of carbonyl (C=O) groups is 1. The van der Waals surface area contributed by atoms with E-state index in [4.69, 9.17) is 0 Å². The second-order valence-electron chi connectivity index (χ2n) is 7.15. The van der Waals surface area contributed by atoms with E-state index < -0.39 is 29.3 Å². The van der Waals surface area contributed by atoms with Crippen molar-refractivity contribution < 1.29 is 26.7 Å². The van der Waals surface area contributed by atoms with Gasteiger partial charge in [0.15, 0.2) is 5.69 Å². The minimum Gasteiger partial charge on any atom is -0.325 e. The molecule has 2 rings (SSSR count). The maximum Gasteiger partial charge on any atom is 0.436 e. The highest BCUT2D eigenvalue weighted by molar-refractivity contribution is 5.96. The van der Waals surface area contributed by atoms with E-state index in [-0.39, 0.29) is 24.6 Å². The Morgan fingerprint density at radius 1 is 1.26 bits per heavy atom. The lowest BCUT2D eigenvalue weighted by Gasteiger charge is -2.24. The summed E-state index contributed by atoms with van der Waals surface area (Å²) in [5.74, 6) is -2.80. The molecule has 1 amide bonds. The van der Waals surface area contributed by atoms with Gasteiger partial charge in [-0.2, -0.15) is 22.7 Å². The van der Waals surface area contributed by atoms with Crippen LogP contribution in [0, 0.1) is 17.8 Å². The average molecular weight is 391 g/mol. The first kappa shape index (κ1) is 21.1. The van der Waals surface area contributed by atoms with Gasteiger partial charge in [-0.1, -0.05) is 20.8 Å². The van der Waals surface area contributed by atoms with E-state index in [2.05, 4.69) is 10.4 Å². The number of nitrogens with one attached hydrogen (secondary N) is 1. The predicted octanol–water partition coefficient (Wildman–Crippen LogP) is 4.89. The van der Waals surface area contributed by atoms with E-state index in [1.54, 1.807) is 0 Å². The number of allylic oxidation sites excluding steroid dienone is 4. The van der Waals surface area contributed by atoms with Gasteiger partial charge in [0.05, 0.1) is 0 Å². The van der Waals surface area contributed by atoms with Crippen molar-refractivity contribution in [2.45, 2.75) is 46.2 Å². The van der Waals surface area contributed by atoms with Crippen molar-refractivity contribution in [1.29, 1.82) is 0 Å². The van der Waals surface area contributed by atoms with Crippen LogP contribution in [0.15, 0.2) is 23.2 Å². The average Bonchev–Trinajstić information content (AvgIpc) is 2.84. The number of carbonyl (C=O) groups excluding carboxylic acids is 1. The minimum absolute atomic E-state index is 0.0230. The Morgan fingerprint density at radius 3 is 2.44 bits per heavy atom. The number of aryl methyl sites for hydroxylation is 1. The summed E-state index contributed by atoms with van der Waals surface area (Å²) in [6.45, 7) is 5.82. The van der Waals surface area contributed by atoms with Gasteiger partial charge in [0.25, 0.3) is 5.91 Å². The molecule has 27 heavy (non-hydrogen) atoms. The molecule has 1 aliphatic rings. The van der Waals surface area contributed by atoms with E-state index >= 15 is 0 Å². The molecule has 1 atom stereocenters. The number of hydrogen-bond donors (Lipinski definition) is 1. The molecular formula is C18H22F5N3O. The van der Waals surface area contributed by atoms with Crippen molar-refractivity contribution in [3.8, 4) is 0 Å². The molecule has 0 bridgehead atoms. The van der Waals surface area contributed by atoms with Crippen LogP contribution in [-0.2, 0) is 13.2 Å². The molecule has 1 heterocycles. The lowest BCUT2D eigenvalue weighted by molar-refractivity contribution is -0.141. The highest BCUT2D eigenvalue weighted by Crippen LogP contribution is 2.34. The van der Waals surface area contributed by atoms with Crippen molar-refractivity contribution in [2.24, 2.45) is 18.9 Å². The first-order chi connectivity index (χ1) is 12.4. The maximum atomic E-state index is 14.1. The van der Waals surface area contributed by atoms with Crippen molar-refractivity contribution in [3.05, 3.63) is 40.4 Å². The highest BCUT2D eigenvalue weighted by Gasteiger charge is 2.42. The van der Waals surface area contributed by atoms with Crippen LogP contribution in [0.25, 0.3) is 0 Å². The van der Waals surface area contributed by atoms with Crippen LogP contribution in [0.1, 0.15) is 56.1 Å². The zero-order chi connectivity index (χ0) is 20.5. The molecule has 4 nitrogen and oxygen atoms in total. The van der Waals surface area contributed by atoms with Gasteiger partial charge in [-0.15, -0.1) is 0 Å². The van der Waals surface area contributed by atoms with Crippen LogP contribution >= 0.6 is 0 Å². The monoisotopic (exact) mass is 391 g/mol. The predicted molar refractivity (Wildman–Crippen MR) is 89.7 cm³/mol. The maximum absolute atomic E-state index is 14.1. The van der Waals surface area contributed by atoms with Crippen LogP contribution in [0.5, 0.6) is 0 Å². The first-order valence-electron chi connectivity index (χ1n) is 8.62. The fourth-order valence-corrected chi connectivity index (χ4v) is 3.23. The number of nitrogens with zero attached hydrogens (tertiary/aromatic N) is 2. The summed E-state index contributed by atoms with van der Waals surface area (Å²) in [5, 5.41) is 5.43. The third kappa shape index (κ3) is 4.75. The summed E-state index contributed by atoms with van der Waals surface area (Å²) in [5.41, 5.74) is -1.93. The van der Waals surface area contributed by atoms with Crippen LogP contribution in [0.2, 0.25) is 0 Å². The van der Waals surface area contributed by atoms with E-state index in [1.807, 2.05) is 20.8 Å². The molecule has 1 aliphatic carbocycles. The number of amides is 1. The summed E-state index contributed by atoms with van der Waals surface area (Å²) in [6, 6.07) is 0. The van der Waals surface area contributed by atoms with Gasteiger partial charge in [0.2, 0.25) is 5.95 Å². The zero-order valence-electron chi connectivity index (χ0n) is 15.5. The number of aromatic nitrogens is 2. The van der Waals surface area contributed by atoms with Crippen molar-refractivity contribution in [1.82, 2.24) is 15.1 Å². The fraction of sp³-hybridized carbons (Fsp3) is 0.556. The van der Waals surface area contributed by atoms with Crippen LogP contribution in [0.4, 0.5) is 22.0 Å². The summed E-state index contributed by atoms with van der Waals surface area (Å²) in [4.78, 5) is 12.4. The van der Waals surface area contributed by atoms with E-state index in [0.717, 1.165) is 7.05 Å². The molecule has 1 N–H and O–H groups in total. The second-order valence-corrected chi connectivity index (χ2v) is 7.15. The number of alkyl halides is 3.